The maximum atomic E-state index is 12.0. The largest absolute Gasteiger partial charge is 0.545 e. The van der Waals surface area contributed by atoms with Crippen LogP contribution in [-0.2, 0) is 4.79 Å². The van der Waals surface area contributed by atoms with Crippen molar-refractivity contribution >= 4 is 11.9 Å². The minimum Gasteiger partial charge on any atom is -0.545 e. The first-order valence-electron chi connectivity index (χ1n) is 7.37. The van der Waals surface area contributed by atoms with Gasteiger partial charge in [0.05, 0.1) is 19.1 Å². The van der Waals surface area contributed by atoms with E-state index in [4.69, 9.17) is 9.47 Å². The molecule has 0 aliphatic heterocycles. The number of rotatable bonds is 7. The first-order chi connectivity index (χ1) is 11.5. The van der Waals surface area contributed by atoms with Crippen LogP contribution in [0.15, 0.2) is 48.5 Å². The van der Waals surface area contributed by atoms with E-state index in [0.29, 0.717) is 0 Å². The number of benzene rings is 2. The summed E-state index contributed by atoms with van der Waals surface area (Å²) in [6.45, 7) is 1.67. The highest BCUT2D eigenvalue weighted by Gasteiger charge is 2.12. The number of aromatic carboxylic acids is 1. The van der Waals surface area contributed by atoms with Crippen molar-refractivity contribution in [2.45, 2.75) is 13.0 Å². The van der Waals surface area contributed by atoms with Gasteiger partial charge in [-0.3, -0.25) is 4.79 Å². The van der Waals surface area contributed by atoms with E-state index in [1.807, 2.05) is 37.3 Å². The van der Waals surface area contributed by atoms with Crippen LogP contribution in [0.1, 0.15) is 28.9 Å². The molecule has 0 bridgehead atoms. The van der Waals surface area contributed by atoms with Crippen LogP contribution in [0, 0.1) is 0 Å². The molecule has 0 aromatic heterocycles. The molecule has 1 amide bonds. The second-order valence-corrected chi connectivity index (χ2v) is 5.14. The van der Waals surface area contributed by atoms with Crippen molar-refractivity contribution in [3.63, 3.8) is 0 Å². The number of carboxylic acids is 1. The number of hydrogen-bond acceptors (Lipinski definition) is 5. The number of hydrogen-bond donors (Lipinski definition) is 1. The van der Waals surface area contributed by atoms with E-state index in [0.717, 1.165) is 5.56 Å². The molecule has 0 saturated carbocycles. The normalized spacial score (nSPS) is 11.4. The summed E-state index contributed by atoms with van der Waals surface area (Å²) in [5, 5.41) is 13.7. The molecule has 2 aromatic rings. The lowest BCUT2D eigenvalue weighted by Gasteiger charge is -2.16. The van der Waals surface area contributed by atoms with Crippen molar-refractivity contribution < 1.29 is 24.2 Å². The highest BCUT2D eigenvalue weighted by molar-refractivity contribution is 5.86. The Labute approximate surface area is 140 Å². The number of carbonyl (C=O) groups is 2. The van der Waals surface area contributed by atoms with Gasteiger partial charge >= 0.3 is 0 Å². The third kappa shape index (κ3) is 4.49. The van der Waals surface area contributed by atoms with Crippen LogP contribution in [0.25, 0.3) is 0 Å². The number of amides is 1. The highest BCUT2D eigenvalue weighted by Crippen LogP contribution is 2.27. The first kappa shape index (κ1) is 17.3. The summed E-state index contributed by atoms with van der Waals surface area (Å²) in [5.41, 5.74) is 0.961. The monoisotopic (exact) mass is 328 g/mol. The molecule has 126 valence electrons. The summed E-state index contributed by atoms with van der Waals surface area (Å²) >= 11 is 0. The molecular formula is C18H18NO5-. The van der Waals surface area contributed by atoms with E-state index < -0.39 is 5.97 Å². The fourth-order valence-corrected chi connectivity index (χ4v) is 2.17. The Balaban J connectivity index is 1.95. The van der Waals surface area contributed by atoms with Crippen molar-refractivity contribution in [1.29, 1.82) is 0 Å². The van der Waals surface area contributed by atoms with Crippen LogP contribution < -0.4 is 19.9 Å². The molecule has 24 heavy (non-hydrogen) atoms. The number of carboxylic acid groups (broad SMARTS) is 1. The molecule has 0 fully saturated rings. The second-order valence-electron chi connectivity index (χ2n) is 5.14. The predicted octanol–water partition coefficient (Wildman–Crippen LogP) is 1.31. The standard InChI is InChI=1S/C18H19NO5/c1-12(13-6-4-3-5-7-13)19-17(20)11-24-15-9-8-14(18(21)22)10-16(15)23-2/h3-10,12H,11H2,1-2H3,(H,19,20)(H,21,22)/p-1/t12-/m1/s1. The Morgan fingerprint density at radius 2 is 1.83 bits per heavy atom. The average Bonchev–Trinajstić information content (AvgIpc) is 2.60. The van der Waals surface area contributed by atoms with E-state index in [1.165, 1.54) is 25.3 Å². The number of carbonyl (C=O) groups excluding carboxylic acids is 2. The smallest absolute Gasteiger partial charge is 0.258 e. The zero-order valence-corrected chi connectivity index (χ0v) is 13.4. The van der Waals surface area contributed by atoms with Crippen LogP contribution in [0.2, 0.25) is 0 Å². The van der Waals surface area contributed by atoms with Crippen molar-refractivity contribution in [2.75, 3.05) is 13.7 Å². The van der Waals surface area contributed by atoms with Crippen LogP contribution in [0.3, 0.4) is 0 Å². The number of ether oxygens (including phenoxy) is 2. The molecule has 0 radical (unpaired) electrons. The lowest BCUT2D eigenvalue weighted by Crippen LogP contribution is -2.31. The average molecular weight is 328 g/mol. The van der Waals surface area contributed by atoms with Gasteiger partial charge in [0.2, 0.25) is 0 Å². The fraction of sp³-hybridized carbons (Fsp3) is 0.222. The van der Waals surface area contributed by atoms with Gasteiger partial charge in [-0.25, -0.2) is 0 Å². The Hall–Kier alpha value is -3.02. The molecule has 2 rings (SSSR count). The van der Waals surface area contributed by atoms with Gasteiger partial charge in [-0.2, -0.15) is 0 Å². The molecule has 1 N–H and O–H groups in total. The summed E-state index contributed by atoms with van der Waals surface area (Å²) in [5.74, 6) is -1.10. The summed E-state index contributed by atoms with van der Waals surface area (Å²) in [4.78, 5) is 22.8. The van der Waals surface area contributed by atoms with E-state index in [1.54, 1.807) is 0 Å². The molecule has 0 aliphatic carbocycles. The van der Waals surface area contributed by atoms with Gasteiger partial charge in [0, 0.05) is 5.56 Å². The maximum Gasteiger partial charge on any atom is 0.258 e. The summed E-state index contributed by atoms with van der Waals surface area (Å²) in [6, 6.07) is 13.5. The van der Waals surface area contributed by atoms with Crippen LogP contribution >= 0.6 is 0 Å². The molecule has 0 aliphatic rings. The Morgan fingerprint density at radius 1 is 1.12 bits per heavy atom. The van der Waals surface area contributed by atoms with Gasteiger partial charge in [-0.15, -0.1) is 0 Å². The molecule has 0 unspecified atom stereocenters. The Morgan fingerprint density at radius 3 is 2.46 bits per heavy atom. The molecule has 2 aromatic carbocycles. The lowest BCUT2D eigenvalue weighted by atomic mass is 10.1. The van der Waals surface area contributed by atoms with E-state index >= 15 is 0 Å². The minimum absolute atomic E-state index is 0.0265. The van der Waals surface area contributed by atoms with Gasteiger partial charge < -0.3 is 24.7 Å². The molecule has 0 saturated heterocycles. The molecule has 6 heteroatoms. The maximum absolute atomic E-state index is 12.0. The van der Waals surface area contributed by atoms with Crippen LogP contribution in [0.4, 0.5) is 0 Å². The van der Waals surface area contributed by atoms with E-state index in [2.05, 4.69) is 5.32 Å². The molecular weight excluding hydrogens is 310 g/mol. The van der Waals surface area contributed by atoms with Gasteiger partial charge in [0.15, 0.2) is 18.1 Å². The first-order valence-corrected chi connectivity index (χ1v) is 7.37. The summed E-state index contributed by atoms with van der Waals surface area (Å²) in [6.07, 6.45) is 0. The van der Waals surface area contributed by atoms with Crippen molar-refractivity contribution in [1.82, 2.24) is 5.32 Å². The summed E-state index contributed by atoms with van der Waals surface area (Å²) in [7, 11) is 1.39. The van der Waals surface area contributed by atoms with E-state index in [-0.39, 0.29) is 35.6 Å². The molecule has 0 spiro atoms. The quantitative estimate of drug-likeness (QED) is 0.828. The minimum atomic E-state index is -1.31. The zero-order chi connectivity index (χ0) is 17.5. The van der Waals surface area contributed by atoms with Crippen molar-refractivity contribution in [3.8, 4) is 11.5 Å². The molecule has 0 heterocycles. The van der Waals surface area contributed by atoms with Gasteiger partial charge in [-0.05, 0) is 30.7 Å². The Kier molecular flexibility index (Phi) is 5.78. The third-order valence-electron chi connectivity index (χ3n) is 3.44. The molecule has 6 nitrogen and oxygen atoms in total. The van der Waals surface area contributed by atoms with E-state index in [9.17, 15) is 14.7 Å². The number of nitrogens with one attached hydrogen (secondary N) is 1. The highest BCUT2D eigenvalue weighted by atomic mass is 16.5. The lowest BCUT2D eigenvalue weighted by molar-refractivity contribution is -0.255. The second kappa shape index (κ2) is 8.01. The summed E-state index contributed by atoms with van der Waals surface area (Å²) < 4.78 is 10.5. The van der Waals surface area contributed by atoms with Gasteiger partial charge in [-0.1, -0.05) is 30.3 Å². The van der Waals surface area contributed by atoms with Crippen molar-refractivity contribution in [2.24, 2.45) is 0 Å². The molecule has 1 atom stereocenters. The van der Waals surface area contributed by atoms with Crippen LogP contribution in [-0.4, -0.2) is 25.6 Å². The number of methoxy groups -OCH3 is 1. The van der Waals surface area contributed by atoms with Gasteiger partial charge in [0.25, 0.3) is 5.91 Å². The van der Waals surface area contributed by atoms with Crippen molar-refractivity contribution in [3.05, 3.63) is 59.7 Å². The Bertz CT molecular complexity index is 715. The SMILES string of the molecule is COc1cc(C(=O)[O-])ccc1OCC(=O)N[C@H](C)c1ccccc1. The fourth-order valence-electron chi connectivity index (χ4n) is 2.17. The van der Waals surface area contributed by atoms with Gasteiger partial charge in [0.1, 0.15) is 0 Å². The topological polar surface area (TPSA) is 87.7 Å². The van der Waals surface area contributed by atoms with Crippen LogP contribution in [0.5, 0.6) is 11.5 Å². The zero-order valence-electron chi connectivity index (χ0n) is 13.4. The predicted molar refractivity (Wildman–Crippen MR) is 85.8 cm³/mol. The third-order valence-corrected chi connectivity index (χ3v) is 3.44.